The van der Waals surface area contributed by atoms with Crippen LogP contribution in [-0.2, 0) is 21.1 Å². The van der Waals surface area contributed by atoms with Gasteiger partial charge in [0.15, 0.2) is 0 Å². The number of halogens is 2. The maximum Gasteiger partial charge on any atom is 0.411 e. The van der Waals surface area contributed by atoms with Crippen molar-refractivity contribution in [3.8, 4) is 0 Å². The number of hydrogen-bond acceptors (Lipinski definition) is 4. The molecule has 0 aliphatic heterocycles. The maximum absolute atomic E-state index is 13.3. The van der Waals surface area contributed by atoms with Crippen LogP contribution in [0.4, 0.5) is 14.9 Å². The molecule has 7 nitrogen and oxygen atoms in total. The summed E-state index contributed by atoms with van der Waals surface area (Å²) in [6.07, 6.45) is 0.455. The highest BCUT2D eigenvalue weighted by molar-refractivity contribution is 7.91. The van der Waals surface area contributed by atoms with E-state index in [0.717, 1.165) is 4.90 Å². The van der Waals surface area contributed by atoms with Gasteiger partial charge in [-0.2, -0.15) is 0 Å². The van der Waals surface area contributed by atoms with E-state index in [1.807, 2.05) is 0 Å². The Morgan fingerprint density at radius 3 is 2.45 bits per heavy atom. The molecule has 0 saturated heterocycles. The second-order valence-corrected chi connectivity index (χ2v) is 9.02. The van der Waals surface area contributed by atoms with Crippen LogP contribution in [-0.4, -0.2) is 34.1 Å². The second-order valence-electron chi connectivity index (χ2n) is 6.43. The lowest BCUT2D eigenvalue weighted by Gasteiger charge is -2.19. The molecule has 156 valence electrons. The lowest BCUT2D eigenvalue weighted by Crippen LogP contribution is -2.31. The van der Waals surface area contributed by atoms with Gasteiger partial charge in [0.1, 0.15) is 5.82 Å². The van der Waals surface area contributed by atoms with E-state index in [2.05, 4.69) is 5.32 Å². The predicted octanol–water partition coefficient (Wildman–Crippen LogP) is 4.10. The number of benzene rings is 2. The number of carboxylic acid groups (broad SMARTS) is 1. The molecular formula is C19H21ClFN3O4S. The number of anilines is 1. The van der Waals surface area contributed by atoms with E-state index in [-0.39, 0.29) is 36.9 Å². The van der Waals surface area contributed by atoms with Crippen molar-refractivity contribution in [1.29, 1.82) is 4.78 Å². The molecular weight excluding hydrogens is 421 g/mol. The number of nitrogens with zero attached hydrogens (tertiary/aromatic N) is 1. The van der Waals surface area contributed by atoms with Crippen LogP contribution >= 0.6 is 11.6 Å². The van der Waals surface area contributed by atoms with E-state index in [1.54, 1.807) is 6.07 Å². The van der Waals surface area contributed by atoms with Crippen LogP contribution in [0, 0.1) is 10.6 Å². The van der Waals surface area contributed by atoms with Crippen molar-refractivity contribution < 1.29 is 23.3 Å². The van der Waals surface area contributed by atoms with Crippen molar-refractivity contribution in [2.24, 2.45) is 0 Å². The summed E-state index contributed by atoms with van der Waals surface area (Å²) in [5, 5.41) is 12.3. The molecule has 2 aromatic rings. The monoisotopic (exact) mass is 441 g/mol. The van der Waals surface area contributed by atoms with Gasteiger partial charge in [0, 0.05) is 41.4 Å². The zero-order chi connectivity index (χ0) is 21.6. The summed E-state index contributed by atoms with van der Waals surface area (Å²) in [7, 11) is -2.88. The third-order valence-corrected chi connectivity index (χ3v) is 5.42. The number of hydrogen-bond donors (Lipinski definition) is 3. The topological polar surface area (TPSA) is 111 Å². The first-order valence-electron chi connectivity index (χ1n) is 8.62. The molecule has 1 atom stereocenters. The minimum absolute atomic E-state index is 0.0796. The highest BCUT2D eigenvalue weighted by Gasteiger charge is 2.15. The molecule has 0 fully saturated rings. The molecule has 1 unspecified atom stereocenters. The molecule has 0 aliphatic carbocycles. The van der Waals surface area contributed by atoms with E-state index < -0.39 is 21.6 Å². The SMILES string of the molecule is CS(=N)(=O)c1ccc(N(CCCC(=O)NCc2cc(F)cc(Cl)c2)C(=O)O)cc1. The normalized spacial score (nSPS) is 12.8. The minimum atomic E-state index is -2.88. The highest BCUT2D eigenvalue weighted by Crippen LogP contribution is 2.19. The number of carbonyl (C=O) groups excluding carboxylic acids is 1. The second kappa shape index (κ2) is 9.71. The third-order valence-electron chi connectivity index (χ3n) is 4.03. The smallest absolute Gasteiger partial charge is 0.411 e. The van der Waals surface area contributed by atoms with Gasteiger partial charge in [0.05, 0.1) is 9.73 Å². The zero-order valence-corrected chi connectivity index (χ0v) is 17.2. The Morgan fingerprint density at radius 1 is 1.24 bits per heavy atom. The lowest BCUT2D eigenvalue weighted by molar-refractivity contribution is -0.121. The number of carbonyl (C=O) groups is 2. The van der Waals surface area contributed by atoms with Gasteiger partial charge < -0.3 is 10.4 Å². The van der Waals surface area contributed by atoms with E-state index in [1.165, 1.54) is 42.7 Å². The van der Waals surface area contributed by atoms with Crippen LogP contribution in [0.3, 0.4) is 0 Å². The molecule has 3 N–H and O–H groups in total. The van der Waals surface area contributed by atoms with Crippen molar-refractivity contribution in [3.63, 3.8) is 0 Å². The Kier molecular flexibility index (Phi) is 7.58. The van der Waals surface area contributed by atoms with E-state index >= 15 is 0 Å². The first-order chi connectivity index (χ1) is 13.6. The average molecular weight is 442 g/mol. The fraction of sp³-hybridized carbons (Fsp3) is 0.263. The van der Waals surface area contributed by atoms with Gasteiger partial charge in [-0.15, -0.1) is 0 Å². The molecule has 0 aliphatic rings. The van der Waals surface area contributed by atoms with Crippen LogP contribution in [0.5, 0.6) is 0 Å². The first-order valence-corrected chi connectivity index (χ1v) is 11.0. The lowest BCUT2D eigenvalue weighted by atomic mass is 10.2. The van der Waals surface area contributed by atoms with Gasteiger partial charge in [0.2, 0.25) is 5.91 Å². The van der Waals surface area contributed by atoms with Crippen molar-refractivity contribution in [3.05, 3.63) is 58.9 Å². The summed E-state index contributed by atoms with van der Waals surface area (Å²) >= 11 is 5.77. The molecule has 0 aromatic heterocycles. The zero-order valence-electron chi connectivity index (χ0n) is 15.7. The van der Waals surface area contributed by atoms with Gasteiger partial charge in [-0.05, 0) is 54.4 Å². The molecule has 0 bridgehead atoms. The van der Waals surface area contributed by atoms with Crippen LogP contribution in [0.25, 0.3) is 0 Å². The molecule has 0 saturated carbocycles. The van der Waals surface area contributed by atoms with Gasteiger partial charge in [-0.25, -0.2) is 18.2 Å². The van der Waals surface area contributed by atoms with Crippen molar-refractivity contribution >= 4 is 39.0 Å². The summed E-state index contributed by atoms with van der Waals surface area (Å²) in [5.74, 6) is -0.792. The minimum Gasteiger partial charge on any atom is -0.465 e. The van der Waals surface area contributed by atoms with E-state index in [0.29, 0.717) is 16.1 Å². The molecule has 29 heavy (non-hydrogen) atoms. The Morgan fingerprint density at radius 2 is 1.90 bits per heavy atom. The van der Waals surface area contributed by atoms with E-state index in [4.69, 9.17) is 16.4 Å². The van der Waals surface area contributed by atoms with Crippen LogP contribution in [0.2, 0.25) is 5.02 Å². The Hall–Kier alpha value is -2.65. The molecule has 2 amide bonds. The Bertz CT molecular complexity index is 977. The van der Waals surface area contributed by atoms with Crippen LogP contribution in [0.15, 0.2) is 47.4 Å². The summed E-state index contributed by atoms with van der Waals surface area (Å²) in [5.41, 5.74) is 0.886. The third kappa shape index (κ3) is 7.03. The van der Waals surface area contributed by atoms with Crippen molar-refractivity contribution in [1.82, 2.24) is 5.32 Å². The van der Waals surface area contributed by atoms with Gasteiger partial charge in [-0.1, -0.05) is 11.6 Å². The Labute approximate surface area is 173 Å². The summed E-state index contributed by atoms with van der Waals surface area (Å²) in [6.45, 7) is 0.195. The molecule has 0 spiro atoms. The number of nitrogens with one attached hydrogen (secondary N) is 2. The number of amides is 2. The van der Waals surface area contributed by atoms with E-state index in [9.17, 15) is 23.3 Å². The van der Waals surface area contributed by atoms with Crippen molar-refractivity contribution in [2.75, 3.05) is 17.7 Å². The standard InChI is InChI=1S/C19H21ClFN3O4S/c1-29(22,28)17-6-4-16(5-7-17)24(19(26)27)8-2-3-18(25)23-12-13-9-14(20)11-15(21)10-13/h4-7,9-11,22H,2-3,8,12H2,1H3,(H,23,25)(H,26,27). The largest absolute Gasteiger partial charge is 0.465 e. The van der Waals surface area contributed by atoms with Gasteiger partial charge >= 0.3 is 6.09 Å². The van der Waals surface area contributed by atoms with Crippen LogP contribution < -0.4 is 10.2 Å². The molecule has 0 radical (unpaired) electrons. The van der Waals surface area contributed by atoms with Gasteiger partial charge in [0.25, 0.3) is 0 Å². The fourth-order valence-corrected chi connectivity index (χ4v) is 3.52. The first kappa shape index (κ1) is 22.6. The summed E-state index contributed by atoms with van der Waals surface area (Å²) < 4.78 is 32.5. The maximum atomic E-state index is 13.3. The predicted molar refractivity (Wildman–Crippen MR) is 109 cm³/mol. The molecule has 10 heteroatoms. The summed E-state index contributed by atoms with van der Waals surface area (Å²) in [6, 6.07) is 9.86. The summed E-state index contributed by atoms with van der Waals surface area (Å²) in [4.78, 5) is 24.9. The highest BCUT2D eigenvalue weighted by atomic mass is 35.5. The van der Waals surface area contributed by atoms with Crippen LogP contribution in [0.1, 0.15) is 18.4 Å². The Balaban J connectivity index is 1.89. The molecule has 0 heterocycles. The quantitative estimate of drug-likeness (QED) is 0.572. The number of rotatable bonds is 8. The van der Waals surface area contributed by atoms with Crippen molar-refractivity contribution in [2.45, 2.75) is 24.3 Å². The average Bonchev–Trinajstić information content (AvgIpc) is 2.62. The molecule has 2 aromatic carbocycles. The fourth-order valence-electron chi connectivity index (χ4n) is 2.62. The molecule has 2 rings (SSSR count). The van der Waals surface area contributed by atoms with Gasteiger partial charge in [-0.3, -0.25) is 9.69 Å².